The number of carbonyl (C=O) groups excluding carboxylic acids is 1. The molecule has 5 heteroatoms. The fraction of sp³-hybridized carbons (Fsp3) is 0.167. The molecule has 0 saturated heterocycles. The van der Waals surface area contributed by atoms with E-state index in [1.165, 1.54) is 0 Å². The summed E-state index contributed by atoms with van der Waals surface area (Å²) in [6.07, 6.45) is 1.18. The predicted molar refractivity (Wildman–Crippen MR) is 61.0 cm³/mol. The molecule has 1 aromatic carbocycles. The maximum Gasteiger partial charge on any atom is 0.348 e. The van der Waals surface area contributed by atoms with E-state index in [1.54, 1.807) is 12.1 Å². The first-order valence-corrected chi connectivity index (χ1v) is 4.99. The third-order valence-corrected chi connectivity index (χ3v) is 2.05. The lowest BCUT2D eigenvalue weighted by Crippen LogP contribution is -2.39. The minimum atomic E-state index is -1.09. The largest absolute Gasteiger partial charge is 0.480 e. The van der Waals surface area contributed by atoms with Crippen molar-refractivity contribution in [3.63, 3.8) is 0 Å². The molecule has 17 heavy (non-hydrogen) atoms. The van der Waals surface area contributed by atoms with Gasteiger partial charge in [0.1, 0.15) is 6.04 Å². The Morgan fingerprint density at radius 1 is 1.41 bits per heavy atom. The molecule has 2 N–H and O–H groups in total. The number of hydrogen-bond donors (Lipinski definition) is 2. The van der Waals surface area contributed by atoms with E-state index >= 15 is 0 Å². The molecular weight excluding hydrogens is 222 g/mol. The summed E-state index contributed by atoms with van der Waals surface area (Å²) in [5, 5.41) is 8.94. The topological polar surface area (TPSA) is 75.6 Å². The Morgan fingerprint density at radius 2 is 2.06 bits per heavy atom. The summed E-state index contributed by atoms with van der Waals surface area (Å²) in [5.41, 5.74) is 3.03. The molecule has 1 aromatic rings. The first-order valence-electron chi connectivity index (χ1n) is 4.99. The van der Waals surface area contributed by atoms with Crippen LogP contribution in [0, 0.1) is 0 Å². The number of carboxylic acids is 1. The lowest BCUT2D eigenvalue weighted by atomic mass is 10.1. The van der Waals surface area contributed by atoms with Crippen LogP contribution in [0.2, 0.25) is 0 Å². The van der Waals surface area contributed by atoms with Gasteiger partial charge in [-0.1, -0.05) is 36.9 Å². The highest BCUT2D eigenvalue weighted by atomic mass is 16.7. The van der Waals surface area contributed by atoms with Crippen molar-refractivity contribution in [3.8, 4) is 0 Å². The molecule has 0 amide bonds. The van der Waals surface area contributed by atoms with Gasteiger partial charge in [-0.2, -0.15) is 0 Å². The van der Waals surface area contributed by atoms with Crippen molar-refractivity contribution in [3.05, 3.63) is 48.6 Å². The predicted octanol–water partition coefficient (Wildman–Crippen LogP) is 0.916. The van der Waals surface area contributed by atoms with E-state index in [-0.39, 0.29) is 6.42 Å². The fourth-order valence-corrected chi connectivity index (χ4v) is 1.20. The summed E-state index contributed by atoms with van der Waals surface area (Å²) in [6.45, 7) is 3.21. The summed E-state index contributed by atoms with van der Waals surface area (Å²) in [5.74, 6) is -1.81. The van der Waals surface area contributed by atoms with Crippen molar-refractivity contribution in [2.45, 2.75) is 12.5 Å². The van der Waals surface area contributed by atoms with Crippen LogP contribution in [0.15, 0.2) is 43.0 Å². The molecule has 5 nitrogen and oxygen atoms in total. The van der Waals surface area contributed by atoms with Gasteiger partial charge in [0.15, 0.2) is 0 Å². The number of hydroxylamine groups is 1. The zero-order valence-electron chi connectivity index (χ0n) is 9.13. The second-order valence-electron chi connectivity index (χ2n) is 3.32. The zero-order chi connectivity index (χ0) is 12.7. The summed E-state index contributed by atoms with van der Waals surface area (Å²) in [6, 6.07) is 8.07. The summed E-state index contributed by atoms with van der Waals surface area (Å²) in [4.78, 5) is 26.2. The normalized spacial score (nSPS) is 11.5. The summed E-state index contributed by atoms with van der Waals surface area (Å²) in [7, 11) is 0. The van der Waals surface area contributed by atoms with Gasteiger partial charge in [-0.3, -0.25) is 4.79 Å². The van der Waals surface area contributed by atoms with Crippen molar-refractivity contribution >= 4 is 11.9 Å². The molecule has 0 bridgehead atoms. The Hall–Kier alpha value is -2.14. The number of carboxylic acid groups (broad SMARTS) is 1. The fourth-order valence-electron chi connectivity index (χ4n) is 1.20. The van der Waals surface area contributed by atoms with Gasteiger partial charge >= 0.3 is 11.9 Å². The van der Waals surface area contributed by atoms with Gasteiger partial charge in [0.2, 0.25) is 0 Å². The van der Waals surface area contributed by atoms with Crippen LogP contribution in [0.5, 0.6) is 0 Å². The third-order valence-electron chi connectivity index (χ3n) is 2.05. The number of aliphatic carboxylic acids is 1. The van der Waals surface area contributed by atoms with Gasteiger partial charge < -0.3 is 9.94 Å². The number of hydrogen-bond acceptors (Lipinski definition) is 4. The van der Waals surface area contributed by atoms with Crippen molar-refractivity contribution in [1.29, 1.82) is 0 Å². The van der Waals surface area contributed by atoms with Crippen molar-refractivity contribution in [1.82, 2.24) is 5.48 Å². The Balaban J connectivity index is 2.58. The van der Waals surface area contributed by atoms with Crippen LogP contribution >= 0.6 is 0 Å². The Kier molecular flexibility index (Phi) is 4.90. The standard InChI is InChI=1S/C12H13NO4/c1-2-11(14)17-13-10(12(15)16)8-9-6-4-3-5-7-9/h2-7,10,13H,1,8H2,(H,15,16)/t10-/m0/s1. The Bertz CT molecular complexity index is 402. The lowest BCUT2D eigenvalue weighted by molar-refractivity contribution is -0.153. The highest BCUT2D eigenvalue weighted by Gasteiger charge is 2.19. The van der Waals surface area contributed by atoms with Gasteiger partial charge in [0.05, 0.1) is 0 Å². The van der Waals surface area contributed by atoms with Crippen molar-refractivity contribution < 1.29 is 19.5 Å². The molecule has 90 valence electrons. The third kappa shape index (κ3) is 4.48. The number of nitrogens with one attached hydrogen (secondary N) is 1. The first kappa shape index (κ1) is 12.9. The molecule has 0 aliphatic heterocycles. The smallest absolute Gasteiger partial charge is 0.348 e. The molecule has 0 aliphatic carbocycles. The molecule has 0 unspecified atom stereocenters. The first-order chi connectivity index (χ1) is 8.13. The van der Waals surface area contributed by atoms with E-state index in [9.17, 15) is 9.59 Å². The lowest BCUT2D eigenvalue weighted by Gasteiger charge is -2.13. The quantitative estimate of drug-likeness (QED) is 0.566. The van der Waals surface area contributed by atoms with Crippen LogP contribution in [0.25, 0.3) is 0 Å². The average Bonchev–Trinajstić information content (AvgIpc) is 2.34. The van der Waals surface area contributed by atoms with E-state index in [4.69, 9.17) is 5.11 Å². The monoisotopic (exact) mass is 235 g/mol. The minimum Gasteiger partial charge on any atom is -0.480 e. The van der Waals surface area contributed by atoms with Crippen LogP contribution < -0.4 is 5.48 Å². The molecule has 1 rings (SSSR count). The minimum absolute atomic E-state index is 0.223. The number of benzene rings is 1. The highest BCUT2D eigenvalue weighted by Crippen LogP contribution is 2.03. The molecule has 0 saturated carbocycles. The van der Waals surface area contributed by atoms with Crippen molar-refractivity contribution in [2.24, 2.45) is 0 Å². The second kappa shape index (κ2) is 6.44. The summed E-state index contributed by atoms with van der Waals surface area (Å²) < 4.78 is 0. The number of rotatable bonds is 6. The molecular formula is C12H13NO4. The van der Waals surface area contributed by atoms with Gasteiger partial charge in [0.25, 0.3) is 0 Å². The number of carbonyl (C=O) groups is 2. The van der Waals surface area contributed by atoms with E-state index < -0.39 is 18.0 Å². The molecule has 0 spiro atoms. The van der Waals surface area contributed by atoms with Crippen LogP contribution in [-0.4, -0.2) is 23.1 Å². The average molecular weight is 235 g/mol. The second-order valence-corrected chi connectivity index (χ2v) is 3.32. The van der Waals surface area contributed by atoms with Crippen LogP contribution in [-0.2, 0) is 20.8 Å². The summed E-state index contributed by atoms with van der Waals surface area (Å²) >= 11 is 0. The Morgan fingerprint density at radius 3 is 2.59 bits per heavy atom. The molecule has 0 aliphatic rings. The van der Waals surface area contributed by atoms with Gasteiger partial charge in [-0.25, -0.2) is 4.79 Å². The van der Waals surface area contributed by atoms with Gasteiger partial charge in [-0.05, 0) is 5.56 Å². The Labute approximate surface area is 98.7 Å². The van der Waals surface area contributed by atoms with E-state index in [1.807, 2.05) is 18.2 Å². The van der Waals surface area contributed by atoms with Gasteiger partial charge in [-0.15, -0.1) is 5.48 Å². The molecule has 0 radical (unpaired) electrons. The van der Waals surface area contributed by atoms with E-state index in [2.05, 4.69) is 16.9 Å². The highest BCUT2D eigenvalue weighted by molar-refractivity contribution is 5.81. The SMILES string of the molecule is C=CC(=O)ON[C@@H](Cc1ccccc1)C(=O)O. The van der Waals surface area contributed by atoms with Crippen LogP contribution in [0.1, 0.15) is 5.56 Å². The maximum atomic E-state index is 10.9. The van der Waals surface area contributed by atoms with E-state index in [0.29, 0.717) is 0 Å². The van der Waals surface area contributed by atoms with E-state index in [0.717, 1.165) is 11.6 Å². The molecule has 0 fully saturated rings. The van der Waals surface area contributed by atoms with Crippen molar-refractivity contribution in [2.75, 3.05) is 0 Å². The molecule has 0 aromatic heterocycles. The van der Waals surface area contributed by atoms with Crippen LogP contribution in [0.4, 0.5) is 0 Å². The zero-order valence-corrected chi connectivity index (χ0v) is 9.13. The molecule has 0 heterocycles. The van der Waals surface area contributed by atoms with Crippen LogP contribution in [0.3, 0.4) is 0 Å². The van der Waals surface area contributed by atoms with Gasteiger partial charge in [0, 0.05) is 12.5 Å². The molecule has 1 atom stereocenters. The maximum absolute atomic E-state index is 10.9.